The molecule has 19 heavy (non-hydrogen) atoms. The van der Waals surface area contributed by atoms with Gasteiger partial charge in [-0.3, -0.25) is 4.79 Å². The Hall–Kier alpha value is -1.88. The number of carbonyl (C=O) groups is 2. The van der Waals surface area contributed by atoms with Gasteiger partial charge in [-0.05, 0) is 18.4 Å². The van der Waals surface area contributed by atoms with Crippen molar-refractivity contribution >= 4 is 11.9 Å². The van der Waals surface area contributed by atoms with Crippen LogP contribution in [0.15, 0.2) is 30.3 Å². The van der Waals surface area contributed by atoms with Crippen LogP contribution in [-0.2, 0) is 16.0 Å². The number of aliphatic carboxylic acids is 1. The fourth-order valence-corrected chi connectivity index (χ4v) is 1.63. The minimum Gasteiger partial charge on any atom is -0.480 e. The summed E-state index contributed by atoms with van der Waals surface area (Å²) in [5.74, 6) is -1.71. The predicted octanol–water partition coefficient (Wildman–Crippen LogP) is 0.783. The highest BCUT2D eigenvalue weighted by molar-refractivity contribution is 5.84. The van der Waals surface area contributed by atoms with E-state index in [4.69, 9.17) is 10.8 Å². The standard InChI is InChI=1S/C14H20N2O3/c1-10(9-15)13(17)16-12(14(18)19)8-7-11-5-3-2-4-6-11/h2-6,10,12H,7-9,15H2,1H3,(H,16,17)(H,18,19). The van der Waals surface area contributed by atoms with Crippen LogP contribution >= 0.6 is 0 Å². The van der Waals surface area contributed by atoms with Crippen molar-refractivity contribution in [3.63, 3.8) is 0 Å². The lowest BCUT2D eigenvalue weighted by molar-refractivity contribution is -0.142. The van der Waals surface area contributed by atoms with E-state index < -0.39 is 12.0 Å². The van der Waals surface area contributed by atoms with Gasteiger partial charge in [-0.1, -0.05) is 37.3 Å². The number of amides is 1. The summed E-state index contributed by atoms with van der Waals surface area (Å²) in [5, 5.41) is 11.6. The van der Waals surface area contributed by atoms with Gasteiger partial charge < -0.3 is 16.2 Å². The summed E-state index contributed by atoms with van der Waals surface area (Å²) in [6, 6.07) is 8.71. The molecular weight excluding hydrogens is 244 g/mol. The van der Waals surface area contributed by atoms with Crippen molar-refractivity contribution in [3.05, 3.63) is 35.9 Å². The van der Waals surface area contributed by atoms with Crippen LogP contribution in [0.5, 0.6) is 0 Å². The first-order chi connectivity index (χ1) is 9.04. The molecule has 5 nitrogen and oxygen atoms in total. The zero-order chi connectivity index (χ0) is 14.3. The first-order valence-electron chi connectivity index (χ1n) is 6.31. The highest BCUT2D eigenvalue weighted by Crippen LogP contribution is 2.06. The maximum Gasteiger partial charge on any atom is 0.326 e. The predicted molar refractivity (Wildman–Crippen MR) is 72.5 cm³/mol. The number of nitrogens with two attached hydrogens (primary N) is 1. The van der Waals surface area contributed by atoms with Gasteiger partial charge in [-0.25, -0.2) is 4.79 Å². The zero-order valence-corrected chi connectivity index (χ0v) is 11.0. The average molecular weight is 264 g/mol. The number of hydrogen-bond acceptors (Lipinski definition) is 3. The third-order valence-corrected chi connectivity index (χ3v) is 2.98. The van der Waals surface area contributed by atoms with Crippen molar-refractivity contribution in [1.29, 1.82) is 0 Å². The summed E-state index contributed by atoms with van der Waals surface area (Å²) in [5.41, 5.74) is 6.43. The number of carboxylic acid groups (broad SMARTS) is 1. The molecule has 0 radical (unpaired) electrons. The fourth-order valence-electron chi connectivity index (χ4n) is 1.63. The Morgan fingerprint density at radius 1 is 1.32 bits per heavy atom. The number of aryl methyl sites for hydroxylation is 1. The van der Waals surface area contributed by atoms with Gasteiger partial charge in [0.25, 0.3) is 0 Å². The molecule has 0 bridgehead atoms. The van der Waals surface area contributed by atoms with E-state index in [1.54, 1.807) is 6.92 Å². The third-order valence-electron chi connectivity index (χ3n) is 2.98. The summed E-state index contributed by atoms with van der Waals surface area (Å²) in [6.45, 7) is 1.88. The number of hydrogen-bond donors (Lipinski definition) is 3. The number of benzene rings is 1. The summed E-state index contributed by atoms with van der Waals surface area (Å²) in [7, 11) is 0. The smallest absolute Gasteiger partial charge is 0.326 e. The van der Waals surface area contributed by atoms with E-state index in [1.165, 1.54) is 0 Å². The molecule has 1 aromatic carbocycles. The molecule has 2 unspecified atom stereocenters. The average Bonchev–Trinajstić information content (AvgIpc) is 2.42. The molecule has 0 aliphatic heterocycles. The lowest BCUT2D eigenvalue weighted by Gasteiger charge is -2.17. The van der Waals surface area contributed by atoms with Crippen molar-refractivity contribution < 1.29 is 14.7 Å². The molecule has 1 rings (SSSR count). The molecule has 0 fully saturated rings. The zero-order valence-electron chi connectivity index (χ0n) is 11.0. The Kier molecular flexibility index (Phi) is 6.02. The minimum atomic E-state index is -1.02. The second-order valence-corrected chi connectivity index (χ2v) is 4.56. The Labute approximate surface area is 112 Å². The van der Waals surface area contributed by atoms with Crippen LogP contribution in [0.25, 0.3) is 0 Å². The molecule has 0 saturated carbocycles. The molecule has 4 N–H and O–H groups in total. The lowest BCUT2D eigenvalue weighted by atomic mass is 10.0. The first kappa shape index (κ1) is 15.2. The van der Waals surface area contributed by atoms with Crippen LogP contribution in [0.1, 0.15) is 18.9 Å². The Balaban J connectivity index is 2.54. The number of carbonyl (C=O) groups excluding carboxylic acids is 1. The molecule has 0 aliphatic rings. The molecule has 0 spiro atoms. The summed E-state index contributed by atoms with van der Waals surface area (Å²) < 4.78 is 0. The molecule has 0 heterocycles. The topological polar surface area (TPSA) is 92.4 Å². The van der Waals surface area contributed by atoms with Gasteiger partial charge in [0.15, 0.2) is 0 Å². The van der Waals surface area contributed by atoms with Crippen LogP contribution in [0.2, 0.25) is 0 Å². The molecule has 0 aromatic heterocycles. The number of rotatable bonds is 7. The number of nitrogens with one attached hydrogen (secondary N) is 1. The number of carboxylic acids is 1. The Morgan fingerprint density at radius 3 is 2.47 bits per heavy atom. The van der Waals surface area contributed by atoms with E-state index in [9.17, 15) is 9.59 Å². The van der Waals surface area contributed by atoms with E-state index in [1.807, 2.05) is 30.3 Å². The van der Waals surface area contributed by atoms with Gasteiger partial charge in [0.2, 0.25) is 5.91 Å². The van der Waals surface area contributed by atoms with Crippen LogP contribution in [-0.4, -0.2) is 29.6 Å². The van der Waals surface area contributed by atoms with Crippen LogP contribution in [0.3, 0.4) is 0 Å². The van der Waals surface area contributed by atoms with Crippen molar-refractivity contribution in [2.24, 2.45) is 11.7 Å². The van der Waals surface area contributed by atoms with Crippen molar-refractivity contribution in [2.45, 2.75) is 25.8 Å². The van der Waals surface area contributed by atoms with Crippen LogP contribution < -0.4 is 11.1 Å². The minimum absolute atomic E-state index is 0.205. The van der Waals surface area contributed by atoms with Gasteiger partial charge in [-0.15, -0.1) is 0 Å². The molecule has 1 amide bonds. The molecular formula is C14H20N2O3. The van der Waals surface area contributed by atoms with Crippen LogP contribution in [0, 0.1) is 5.92 Å². The van der Waals surface area contributed by atoms with Gasteiger partial charge in [-0.2, -0.15) is 0 Å². The molecule has 1 aromatic rings. The third kappa shape index (κ3) is 5.09. The van der Waals surface area contributed by atoms with Crippen LogP contribution in [0.4, 0.5) is 0 Å². The first-order valence-corrected chi connectivity index (χ1v) is 6.31. The highest BCUT2D eigenvalue weighted by Gasteiger charge is 2.21. The molecule has 2 atom stereocenters. The maximum atomic E-state index is 11.6. The second kappa shape index (κ2) is 7.53. The van der Waals surface area contributed by atoms with E-state index in [0.29, 0.717) is 12.8 Å². The Bertz CT molecular complexity index is 420. The fraction of sp³-hybridized carbons (Fsp3) is 0.429. The van der Waals surface area contributed by atoms with Crippen molar-refractivity contribution in [3.8, 4) is 0 Å². The largest absolute Gasteiger partial charge is 0.480 e. The lowest BCUT2D eigenvalue weighted by Crippen LogP contribution is -2.44. The molecule has 5 heteroatoms. The normalized spacial score (nSPS) is 13.6. The SMILES string of the molecule is CC(CN)C(=O)NC(CCc1ccccc1)C(=O)O. The van der Waals surface area contributed by atoms with E-state index in [0.717, 1.165) is 5.56 Å². The van der Waals surface area contributed by atoms with Gasteiger partial charge >= 0.3 is 5.97 Å². The Morgan fingerprint density at radius 2 is 1.95 bits per heavy atom. The van der Waals surface area contributed by atoms with Crippen molar-refractivity contribution in [1.82, 2.24) is 5.32 Å². The van der Waals surface area contributed by atoms with E-state index in [-0.39, 0.29) is 18.4 Å². The summed E-state index contributed by atoms with van der Waals surface area (Å²) >= 11 is 0. The van der Waals surface area contributed by atoms with E-state index in [2.05, 4.69) is 5.32 Å². The monoisotopic (exact) mass is 264 g/mol. The summed E-state index contributed by atoms with van der Waals surface area (Å²) in [4.78, 5) is 22.8. The summed E-state index contributed by atoms with van der Waals surface area (Å²) in [6.07, 6.45) is 0.970. The van der Waals surface area contributed by atoms with Crippen molar-refractivity contribution in [2.75, 3.05) is 6.54 Å². The van der Waals surface area contributed by atoms with Gasteiger partial charge in [0.1, 0.15) is 6.04 Å². The molecule has 104 valence electrons. The van der Waals surface area contributed by atoms with Gasteiger partial charge in [0.05, 0.1) is 0 Å². The molecule has 0 aliphatic carbocycles. The van der Waals surface area contributed by atoms with E-state index >= 15 is 0 Å². The van der Waals surface area contributed by atoms with Gasteiger partial charge in [0, 0.05) is 12.5 Å². The highest BCUT2D eigenvalue weighted by atomic mass is 16.4. The molecule has 0 saturated heterocycles. The maximum absolute atomic E-state index is 11.6. The quantitative estimate of drug-likeness (QED) is 0.678. The second-order valence-electron chi connectivity index (χ2n) is 4.56.